The number of urea groups is 1. The van der Waals surface area contributed by atoms with Crippen LogP contribution >= 0.6 is 23.1 Å². The van der Waals surface area contributed by atoms with Crippen LogP contribution in [-0.2, 0) is 6.54 Å². The number of hydrogen-bond donors (Lipinski definition) is 2. The molecule has 2 atom stereocenters. The number of benzene rings is 2. The topological polar surface area (TPSA) is 90.5 Å². The predicted molar refractivity (Wildman–Crippen MR) is 176 cm³/mol. The van der Waals surface area contributed by atoms with Crippen molar-refractivity contribution in [2.45, 2.75) is 42.9 Å². The summed E-state index contributed by atoms with van der Waals surface area (Å²) in [7, 11) is 0. The lowest BCUT2D eigenvalue weighted by atomic mass is 10.0. The van der Waals surface area contributed by atoms with E-state index in [-0.39, 0.29) is 11.9 Å². The summed E-state index contributed by atoms with van der Waals surface area (Å²) in [6, 6.07) is 15.6. The van der Waals surface area contributed by atoms with Crippen LogP contribution in [0.5, 0.6) is 0 Å². The fourth-order valence-corrected chi connectivity index (χ4v) is 7.87. The Labute approximate surface area is 258 Å². The van der Waals surface area contributed by atoms with Gasteiger partial charge < -0.3 is 10.6 Å². The van der Waals surface area contributed by atoms with Gasteiger partial charge in [0.15, 0.2) is 5.82 Å². The number of aromatic nitrogens is 2. The van der Waals surface area contributed by atoms with Gasteiger partial charge in [0.2, 0.25) is 0 Å². The molecule has 1 fully saturated rings. The zero-order valence-corrected chi connectivity index (χ0v) is 25.5. The third-order valence-corrected chi connectivity index (χ3v) is 10.6. The van der Waals surface area contributed by atoms with E-state index >= 15 is 0 Å². The number of likely N-dealkylation sites (tertiary alicyclic amines) is 1. The summed E-state index contributed by atoms with van der Waals surface area (Å²) < 4.78 is 0. The number of anilines is 4. The Balaban J connectivity index is 1.10. The largest absolute Gasteiger partial charge is 0.332 e. The molecule has 218 valence electrons. The average molecular weight is 609 g/mol. The number of allylic oxidation sites excluding steroid dienone is 3. The maximum atomic E-state index is 13.5. The van der Waals surface area contributed by atoms with Crippen LogP contribution in [0.1, 0.15) is 41.4 Å². The molecule has 0 bridgehead atoms. The molecule has 10 heteroatoms. The van der Waals surface area contributed by atoms with Crippen molar-refractivity contribution in [1.29, 1.82) is 0 Å². The molecule has 2 unspecified atom stereocenters. The van der Waals surface area contributed by atoms with E-state index in [1.54, 1.807) is 16.7 Å². The van der Waals surface area contributed by atoms with Crippen molar-refractivity contribution in [2.24, 2.45) is 5.92 Å². The minimum atomic E-state index is -0.364. The summed E-state index contributed by atoms with van der Waals surface area (Å²) in [4.78, 5) is 42.0. The highest BCUT2D eigenvalue weighted by atomic mass is 32.2. The summed E-state index contributed by atoms with van der Waals surface area (Å²) in [5, 5.41) is 6.99. The van der Waals surface area contributed by atoms with Crippen LogP contribution in [0.2, 0.25) is 0 Å². The summed E-state index contributed by atoms with van der Waals surface area (Å²) in [5.41, 5.74) is 3.09. The minimum Gasteiger partial charge on any atom is -0.321 e. The predicted octanol–water partition coefficient (Wildman–Crippen LogP) is 7.84. The minimum absolute atomic E-state index is 0.288. The molecule has 8 nitrogen and oxygen atoms in total. The van der Waals surface area contributed by atoms with Gasteiger partial charge in [-0.1, -0.05) is 49.8 Å². The first-order valence-electron chi connectivity index (χ1n) is 14.7. The van der Waals surface area contributed by atoms with Gasteiger partial charge in [-0.3, -0.25) is 9.69 Å². The molecule has 4 aromatic rings. The Morgan fingerprint density at radius 3 is 2.56 bits per heavy atom. The van der Waals surface area contributed by atoms with Crippen molar-refractivity contribution < 1.29 is 9.59 Å². The number of nitrogens with one attached hydrogen (secondary N) is 2. The number of piperidine rings is 1. The monoisotopic (exact) mass is 608 g/mol. The standard InChI is InChI=1S/C33H32N6O2S2/c1-21-7-3-4-8-26(21)42-25-15-13-24(14-16-25)39-30-27-28(37-33(39)41)29(43-32(27)35-20-34-30)31(40)36-23-11-9-22(10-12-23)19-38-17-5-2-6-18-38/h3-4,7-16,20-21,26H,2,5-6,17-19H2,1H3,(H,36,40)(H,37,41). The molecule has 2 aromatic carbocycles. The Bertz CT molecular complexity index is 1720. The molecule has 2 aliphatic heterocycles. The Morgan fingerprint density at radius 1 is 1.02 bits per heavy atom. The van der Waals surface area contributed by atoms with E-state index in [9.17, 15) is 9.59 Å². The van der Waals surface area contributed by atoms with E-state index in [1.807, 2.05) is 36.4 Å². The van der Waals surface area contributed by atoms with Crippen LogP contribution in [0.15, 0.2) is 84.1 Å². The van der Waals surface area contributed by atoms with Crippen molar-refractivity contribution in [2.75, 3.05) is 28.6 Å². The second kappa shape index (κ2) is 11.9. The molecular formula is C33H32N6O2S2. The highest BCUT2D eigenvalue weighted by molar-refractivity contribution is 8.00. The first-order valence-corrected chi connectivity index (χ1v) is 16.4. The SMILES string of the molecule is CC1C=CC=CC1Sc1ccc(N2C(=O)Nc3c(C(=O)Nc4ccc(CN5CCCCC5)cc4)sc4ncnc2c34)cc1. The van der Waals surface area contributed by atoms with Crippen LogP contribution in [-0.4, -0.2) is 45.1 Å². The number of nitrogens with zero attached hydrogens (tertiary/aromatic N) is 4. The molecule has 4 heterocycles. The van der Waals surface area contributed by atoms with Crippen LogP contribution in [0.25, 0.3) is 10.2 Å². The summed E-state index contributed by atoms with van der Waals surface area (Å²) in [6.45, 7) is 5.42. The van der Waals surface area contributed by atoms with E-state index < -0.39 is 0 Å². The van der Waals surface area contributed by atoms with Crippen LogP contribution in [0.4, 0.5) is 27.7 Å². The molecule has 0 spiro atoms. The van der Waals surface area contributed by atoms with Crippen molar-refractivity contribution in [3.05, 3.63) is 89.6 Å². The van der Waals surface area contributed by atoms with Gasteiger partial charge in [0.25, 0.3) is 5.91 Å². The molecule has 3 amide bonds. The molecule has 1 aliphatic carbocycles. The third-order valence-electron chi connectivity index (χ3n) is 8.10. The molecule has 3 aliphatic rings. The van der Waals surface area contributed by atoms with Gasteiger partial charge in [0.1, 0.15) is 16.0 Å². The molecule has 1 saturated heterocycles. The highest BCUT2D eigenvalue weighted by Crippen LogP contribution is 2.45. The lowest BCUT2D eigenvalue weighted by molar-refractivity contribution is 0.103. The summed E-state index contributed by atoms with van der Waals surface area (Å²) in [5.74, 6) is 0.628. The quantitative estimate of drug-likeness (QED) is 0.222. The maximum absolute atomic E-state index is 13.5. The van der Waals surface area contributed by atoms with E-state index in [0.717, 1.165) is 24.5 Å². The zero-order valence-electron chi connectivity index (χ0n) is 23.8. The van der Waals surface area contributed by atoms with Crippen molar-refractivity contribution >= 4 is 68.1 Å². The van der Waals surface area contributed by atoms with Crippen molar-refractivity contribution in [1.82, 2.24) is 14.9 Å². The van der Waals surface area contributed by atoms with E-state index in [1.165, 1.54) is 42.5 Å². The second-order valence-electron chi connectivity index (χ2n) is 11.1. The Kier molecular flexibility index (Phi) is 7.73. The molecule has 2 aromatic heterocycles. The number of rotatable bonds is 7. The van der Waals surface area contributed by atoms with Crippen LogP contribution in [0.3, 0.4) is 0 Å². The van der Waals surface area contributed by atoms with Crippen LogP contribution < -0.4 is 15.5 Å². The number of thiophene rings is 1. The molecule has 0 radical (unpaired) electrons. The molecule has 0 saturated carbocycles. The normalized spacial score (nSPS) is 19.9. The Morgan fingerprint density at radius 2 is 1.79 bits per heavy atom. The highest BCUT2D eigenvalue weighted by Gasteiger charge is 2.34. The average Bonchev–Trinajstić information content (AvgIpc) is 3.40. The van der Waals surface area contributed by atoms with E-state index in [2.05, 4.69) is 68.9 Å². The fourth-order valence-electron chi connectivity index (χ4n) is 5.80. The zero-order chi connectivity index (χ0) is 29.3. The van der Waals surface area contributed by atoms with Gasteiger partial charge >= 0.3 is 6.03 Å². The Hall–Kier alpha value is -3.99. The van der Waals surface area contributed by atoms with Crippen molar-refractivity contribution in [3.8, 4) is 0 Å². The molecular weight excluding hydrogens is 577 g/mol. The number of carbonyl (C=O) groups excluding carboxylic acids is 2. The number of thioether (sulfide) groups is 1. The van der Waals surface area contributed by atoms with Gasteiger partial charge in [-0.15, -0.1) is 23.1 Å². The maximum Gasteiger partial charge on any atom is 0.332 e. The van der Waals surface area contributed by atoms with Gasteiger partial charge in [-0.05, 0) is 73.8 Å². The molecule has 43 heavy (non-hydrogen) atoms. The van der Waals surface area contributed by atoms with Gasteiger partial charge in [-0.25, -0.2) is 19.7 Å². The van der Waals surface area contributed by atoms with Crippen molar-refractivity contribution in [3.63, 3.8) is 0 Å². The molecule has 7 rings (SSSR count). The number of carbonyl (C=O) groups is 2. The lowest BCUT2D eigenvalue weighted by Crippen LogP contribution is -2.35. The van der Waals surface area contributed by atoms with E-state index in [4.69, 9.17) is 0 Å². The molecule has 2 N–H and O–H groups in total. The van der Waals surface area contributed by atoms with Crippen LogP contribution in [0, 0.1) is 5.92 Å². The third kappa shape index (κ3) is 5.70. The summed E-state index contributed by atoms with van der Waals surface area (Å²) >= 11 is 3.05. The van der Waals surface area contributed by atoms with Gasteiger partial charge in [0.05, 0.1) is 16.8 Å². The summed E-state index contributed by atoms with van der Waals surface area (Å²) in [6.07, 6.45) is 13.9. The smallest absolute Gasteiger partial charge is 0.321 e. The lowest BCUT2D eigenvalue weighted by Gasteiger charge is -2.27. The second-order valence-corrected chi connectivity index (χ2v) is 13.4. The number of hydrogen-bond acceptors (Lipinski definition) is 7. The van der Waals surface area contributed by atoms with Gasteiger partial charge in [-0.2, -0.15) is 0 Å². The first kappa shape index (κ1) is 27.8. The van der Waals surface area contributed by atoms with E-state index in [0.29, 0.717) is 49.1 Å². The first-order chi connectivity index (χ1) is 21.0. The van der Waals surface area contributed by atoms with Gasteiger partial charge in [0, 0.05) is 22.4 Å². The number of amides is 3. The fraction of sp³-hybridized carbons (Fsp3) is 0.273.